The Hall–Kier alpha value is -2.10. The molecule has 162 valence electrons. The number of ether oxygens (including phenoxy) is 1. The molecule has 0 saturated heterocycles. The van der Waals surface area contributed by atoms with Crippen LogP contribution in [0.3, 0.4) is 0 Å². The second kappa shape index (κ2) is 8.95. The molecule has 0 radical (unpaired) electrons. The van der Waals surface area contributed by atoms with Crippen LogP contribution >= 0.6 is 11.6 Å². The van der Waals surface area contributed by atoms with Crippen LogP contribution in [0.4, 0.5) is 0 Å². The zero-order chi connectivity index (χ0) is 22.9. The zero-order valence-electron chi connectivity index (χ0n) is 19.3. The highest BCUT2D eigenvalue weighted by Crippen LogP contribution is 2.35. The highest BCUT2D eigenvalue weighted by molar-refractivity contribution is 6.31. The molecule has 0 aliphatic rings. The molecule has 4 heteroatoms. The standard InChI is InChI=1S/C26H33ClO3/c1-9-19-10-11-20(21-12-16(2)17(3)23(27)14-21)13-22(19)18(4)24(29)26(7,8)30-25(5,6)15-28/h10-15,29H,9H2,1-8H3/b24-18-. The van der Waals surface area contributed by atoms with E-state index in [1.165, 1.54) is 0 Å². The van der Waals surface area contributed by atoms with Crippen molar-refractivity contribution in [3.05, 3.63) is 63.4 Å². The first kappa shape index (κ1) is 24.2. The van der Waals surface area contributed by atoms with Crippen LogP contribution in [-0.2, 0) is 16.0 Å². The summed E-state index contributed by atoms with van der Waals surface area (Å²) in [6.45, 7) is 15.0. The lowest BCUT2D eigenvalue weighted by atomic mass is 9.90. The van der Waals surface area contributed by atoms with Gasteiger partial charge in [-0.2, -0.15) is 0 Å². The molecule has 0 saturated carbocycles. The summed E-state index contributed by atoms with van der Waals surface area (Å²) in [6, 6.07) is 10.4. The number of aldehydes is 1. The number of rotatable bonds is 7. The maximum atomic E-state index is 11.3. The normalized spacial score (nSPS) is 13.2. The first-order chi connectivity index (χ1) is 13.8. The van der Waals surface area contributed by atoms with Crippen molar-refractivity contribution in [3.8, 4) is 11.1 Å². The lowest BCUT2D eigenvalue weighted by Crippen LogP contribution is -2.39. The number of hydrogen-bond acceptors (Lipinski definition) is 3. The van der Waals surface area contributed by atoms with Crippen LogP contribution < -0.4 is 0 Å². The minimum absolute atomic E-state index is 0.113. The van der Waals surface area contributed by atoms with Gasteiger partial charge >= 0.3 is 0 Å². The van der Waals surface area contributed by atoms with Gasteiger partial charge in [0.05, 0.1) is 0 Å². The van der Waals surface area contributed by atoms with Gasteiger partial charge in [0.15, 0.2) is 6.29 Å². The fourth-order valence-electron chi connectivity index (χ4n) is 3.71. The van der Waals surface area contributed by atoms with Gasteiger partial charge < -0.3 is 14.6 Å². The van der Waals surface area contributed by atoms with Crippen molar-refractivity contribution in [2.45, 2.75) is 73.0 Å². The Labute approximate surface area is 185 Å². The molecule has 0 aromatic heterocycles. The number of benzene rings is 2. The molecule has 0 atom stereocenters. The fraction of sp³-hybridized carbons (Fsp3) is 0.423. The van der Waals surface area contributed by atoms with E-state index in [0.29, 0.717) is 0 Å². The number of aliphatic hydroxyl groups excluding tert-OH is 1. The molecule has 0 spiro atoms. The van der Waals surface area contributed by atoms with Crippen molar-refractivity contribution in [1.82, 2.24) is 0 Å². The Balaban J connectivity index is 2.61. The molecule has 30 heavy (non-hydrogen) atoms. The molecule has 0 unspecified atom stereocenters. The summed E-state index contributed by atoms with van der Waals surface area (Å²) in [7, 11) is 0. The van der Waals surface area contributed by atoms with E-state index in [1.807, 2.05) is 19.9 Å². The molecule has 0 aliphatic heterocycles. The van der Waals surface area contributed by atoms with E-state index in [0.717, 1.165) is 56.7 Å². The van der Waals surface area contributed by atoms with Gasteiger partial charge in [0.1, 0.15) is 17.0 Å². The maximum Gasteiger partial charge on any atom is 0.151 e. The summed E-state index contributed by atoms with van der Waals surface area (Å²) in [5, 5.41) is 11.8. The first-order valence-electron chi connectivity index (χ1n) is 10.3. The average molecular weight is 429 g/mol. The van der Waals surface area contributed by atoms with Crippen molar-refractivity contribution >= 4 is 23.5 Å². The summed E-state index contributed by atoms with van der Waals surface area (Å²) < 4.78 is 5.92. The predicted octanol–water partition coefficient (Wildman–Crippen LogP) is 7.25. The van der Waals surface area contributed by atoms with Crippen LogP contribution in [0, 0.1) is 13.8 Å². The number of halogens is 1. The fourth-order valence-corrected chi connectivity index (χ4v) is 3.97. The van der Waals surface area contributed by atoms with Crippen LogP contribution in [0.15, 0.2) is 36.1 Å². The maximum absolute atomic E-state index is 11.3. The SMILES string of the molecule is CCc1ccc(-c2cc(C)c(C)c(Cl)c2)cc1/C(C)=C(\O)C(C)(C)OC(C)(C)C=O. The minimum Gasteiger partial charge on any atom is -0.509 e. The highest BCUT2D eigenvalue weighted by atomic mass is 35.5. The number of carbonyl (C=O) groups excluding carboxylic acids is 1. The van der Waals surface area contributed by atoms with E-state index in [9.17, 15) is 9.90 Å². The number of carbonyl (C=O) groups is 1. The molecule has 2 rings (SSSR count). The van der Waals surface area contributed by atoms with E-state index >= 15 is 0 Å². The number of allylic oxidation sites excluding steroid dienone is 1. The highest BCUT2D eigenvalue weighted by Gasteiger charge is 2.34. The Kier molecular flexibility index (Phi) is 7.21. The third-order valence-electron chi connectivity index (χ3n) is 5.56. The third kappa shape index (κ3) is 5.14. The summed E-state index contributed by atoms with van der Waals surface area (Å²) in [5.41, 5.74) is 5.10. The smallest absolute Gasteiger partial charge is 0.151 e. The van der Waals surface area contributed by atoms with Crippen LogP contribution in [0.5, 0.6) is 0 Å². The van der Waals surface area contributed by atoms with Crippen LogP contribution in [0.1, 0.15) is 63.8 Å². The predicted molar refractivity (Wildman–Crippen MR) is 126 cm³/mol. The van der Waals surface area contributed by atoms with Crippen molar-refractivity contribution < 1.29 is 14.6 Å². The molecule has 0 amide bonds. The van der Waals surface area contributed by atoms with Crippen LogP contribution in [0.25, 0.3) is 16.7 Å². The van der Waals surface area contributed by atoms with Gasteiger partial charge in [0, 0.05) is 5.02 Å². The summed E-state index contributed by atoms with van der Waals surface area (Å²) in [6.07, 6.45) is 1.58. The van der Waals surface area contributed by atoms with Gasteiger partial charge in [-0.3, -0.25) is 0 Å². The summed E-state index contributed by atoms with van der Waals surface area (Å²) in [4.78, 5) is 11.3. The van der Waals surface area contributed by atoms with Crippen LogP contribution in [-0.4, -0.2) is 22.6 Å². The quantitative estimate of drug-likeness (QED) is 0.373. The van der Waals surface area contributed by atoms with Gasteiger partial charge in [-0.25, -0.2) is 0 Å². The Morgan fingerprint density at radius 1 is 1.10 bits per heavy atom. The molecule has 0 heterocycles. The van der Waals surface area contributed by atoms with Crippen molar-refractivity contribution in [2.75, 3.05) is 0 Å². The molecule has 0 aliphatic carbocycles. The molecule has 0 bridgehead atoms. The van der Waals surface area contributed by atoms with E-state index in [2.05, 4.69) is 38.1 Å². The lowest BCUT2D eigenvalue weighted by molar-refractivity contribution is -0.145. The Morgan fingerprint density at radius 3 is 2.27 bits per heavy atom. The van der Waals surface area contributed by atoms with E-state index in [4.69, 9.17) is 16.3 Å². The first-order valence-corrected chi connectivity index (χ1v) is 10.7. The van der Waals surface area contributed by atoms with Crippen LogP contribution in [0.2, 0.25) is 5.02 Å². The largest absolute Gasteiger partial charge is 0.509 e. The van der Waals surface area contributed by atoms with Gasteiger partial charge in [-0.1, -0.05) is 36.7 Å². The average Bonchev–Trinajstić information content (AvgIpc) is 2.69. The number of hydrogen-bond donors (Lipinski definition) is 1. The Bertz CT molecular complexity index is 961. The van der Waals surface area contributed by atoms with E-state index < -0.39 is 11.2 Å². The molecule has 2 aromatic rings. The minimum atomic E-state index is -1.01. The van der Waals surface area contributed by atoms with E-state index in [1.54, 1.807) is 27.7 Å². The van der Waals surface area contributed by atoms with Gasteiger partial charge in [-0.05, 0) is 106 Å². The molecule has 3 nitrogen and oxygen atoms in total. The topological polar surface area (TPSA) is 46.5 Å². The van der Waals surface area contributed by atoms with Crippen molar-refractivity contribution in [1.29, 1.82) is 0 Å². The summed E-state index contributed by atoms with van der Waals surface area (Å²) in [5.74, 6) is 0.113. The Morgan fingerprint density at radius 2 is 1.73 bits per heavy atom. The lowest BCUT2D eigenvalue weighted by Gasteiger charge is -2.33. The third-order valence-corrected chi connectivity index (χ3v) is 5.95. The molecule has 1 N–H and O–H groups in total. The second-order valence-corrected chi connectivity index (χ2v) is 9.34. The number of aliphatic hydroxyl groups is 1. The second-order valence-electron chi connectivity index (χ2n) is 8.93. The van der Waals surface area contributed by atoms with Gasteiger partial charge in [-0.15, -0.1) is 0 Å². The van der Waals surface area contributed by atoms with E-state index in [-0.39, 0.29) is 5.76 Å². The molecular weight excluding hydrogens is 396 g/mol. The molecule has 0 fully saturated rings. The van der Waals surface area contributed by atoms with Gasteiger partial charge in [0.2, 0.25) is 0 Å². The summed E-state index contributed by atoms with van der Waals surface area (Å²) >= 11 is 6.42. The molecular formula is C26H33ClO3. The van der Waals surface area contributed by atoms with Crippen molar-refractivity contribution in [3.63, 3.8) is 0 Å². The van der Waals surface area contributed by atoms with Crippen molar-refractivity contribution in [2.24, 2.45) is 0 Å². The molecule has 2 aromatic carbocycles. The van der Waals surface area contributed by atoms with Gasteiger partial charge in [0.25, 0.3) is 0 Å². The monoisotopic (exact) mass is 428 g/mol. The zero-order valence-corrected chi connectivity index (χ0v) is 20.1. The number of aryl methyl sites for hydroxylation is 2.